The van der Waals surface area contributed by atoms with Gasteiger partial charge in [0.25, 0.3) is 0 Å². The fraction of sp³-hybridized carbons (Fsp3) is 0.435. The van der Waals surface area contributed by atoms with Crippen molar-refractivity contribution in [3.8, 4) is 5.75 Å². The molecule has 0 saturated carbocycles. The maximum absolute atomic E-state index is 12.3. The topological polar surface area (TPSA) is 166 Å². The maximum Gasteiger partial charge on any atom is 0.410 e. The number of carbonyl (C=O) groups excluding carboxylic acids is 2. The van der Waals surface area contributed by atoms with Gasteiger partial charge in [0, 0.05) is 12.0 Å². The molecule has 0 unspecified atom stereocenters. The number of hydrogen-bond donors (Lipinski definition) is 4. The molecule has 2 amide bonds. The number of amides is 2. The molecule has 11 nitrogen and oxygen atoms in total. The van der Waals surface area contributed by atoms with E-state index >= 15 is 0 Å². The van der Waals surface area contributed by atoms with Gasteiger partial charge in [-0.1, -0.05) is 25.5 Å². The van der Waals surface area contributed by atoms with Crippen LogP contribution in [-0.4, -0.2) is 36.4 Å². The monoisotopic (exact) mass is 471 g/mol. The quantitative estimate of drug-likeness (QED) is 0.204. The number of nitrogens with one attached hydrogen (secondary N) is 2. The fourth-order valence-electron chi connectivity index (χ4n) is 2.79. The molecule has 2 rings (SSSR count). The Morgan fingerprint density at radius 1 is 1.06 bits per heavy atom. The summed E-state index contributed by atoms with van der Waals surface area (Å²) in [7, 11) is 0. The summed E-state index contributed by atoms with van der Waals surface area (Å²) in [6.07, 6.45) is 1.95. The second kappa shape index (κ2) is 13.7. The molecule has 0 fully saturated rings. The zero-order chi connectivity index (χ0) is 24.9. The number of carbonyl (C=O) groups is 2. The van der Waals surface area contributed by atoms with Crippen molar-refractivity contribution >= 4 is 35.0 Å². The predicted molar refractivity (Wildman–Crippen MR) is 130 cm³/mol. The Morgan fingerprint density at radius 3 is 2.50 bits per heavy atom. The van der Waals surface area contributed by atoms with Crippen molar-refractivity contribution in [2.75, 3.05) is 24.4 Å². The van der Waals surface area contributed by atoms with Crippen LogP contribution in [0.15, 0.2) is 46.6 Å². The van der Waals surface area contributed by atoms with E-state index in [1.807, 2.05) is 20.8 Å². The number of alkyl carbamates (subject to hydrolysis) is 1. The van der Waals surface area contributed by atoms with E-state index in [1.165, 1.54) is 0 Å². The van der Waals surface area contributed by atoms with Gasteiger partial charge in [0.2, 0.25) is 12.7 Å². The number of rotatable bonds is 12. The number of pyridine rings is 1. The smallest absolute Gasteiger partial charge is 0.410 e. The van der Waals surface area contributed by atoms with Crippen LogP contribution < -0.4 is 26.8 Å². The third-order valence-electron chi connectivity index (χ3n) is 4.63. The first-order valence-corrected chi connectivity index (χ1v) is 11.1. The van der Waals surface area contributed by atoms with E-state index in [2.05, 4.69) is 25.8 Å². The van der Waals surface area contributed by atoms with Crippen molar-refractivity contribution in [1.29, 1.82) is 0 Å². The number of aromatic nitrogens is 1. The number of ether oxygens (including phenoxy) is 2. The summed E-state index contributed by atoms with van der Waals surface area (Å²) in [5, 5.41) is 13.7. The van der Waals surface area contributed by atoms with Gasteiger partial charge >= 0.3 is 6.09 Å². The Kier molecular flexibility index (Phi) is 10.7. The Bertz CT molecular complexity index is 982. The normalized spacial score (nSPS) is 11.9. The first kappa shape index (κ1) is 26.5. The van der Waals surface area contributed by atoms with Gasteiger partial charge in [-0.05, 0) is 57.5 Å². The third kappa shape index (κ3) is 9.02. The molecule has 11 heteroatoms. The van der Waals surface area contributed by atoms with Crippen LogP contribution in [0.4, 0.5) is 27.8 Å². The summed E-state index contributed by atoms with van der Waals surface area (Å²) >= 11 is 0. The first-order chi connectivity index (χ1) is 16.3. The molecule has 0 aliphatic heterocycles. The van der Waals surface area contributed by atoms with Crippen molar-refractivity contribution in [3.63, 3.8) is 0 Å². The average molecular weight is 472 g/mol. The molecular formula is C23H33N7O4. The molecule has 6 N–H and O–H groups in total. The van der Waals surface area contributed by atoms with Gasteiger partial charge in [0.05, 0.1) is 0 Å². The van der Waals surface area contributed by atoms with Crippen LogP contribution in [0.5, 0.6) is 5.75 Å². The zero-order valence-corrected chi connectivity index (χ0v) is 19.8. The van der Waals surface area contributed by atoms with Crippen LogP contribution in [-0.2, 0) is 9.53 Å². The lowest BCUT2D eigenvalue weighted by atomic mass is 10.0. The molecule has 1 aromatic heterocycles. The highest BCUT2D eigenvalue weighted by molar-refractivity contribution is 5.91. The minimum absolute atomic E-state index is 0.0444. The molecular weight excluding hydrogens is 438 g/mol. The lowest BCUT2D eigenvalue weighted by Gasteiger charge is -2.12. The van der Waals surface area contributed by atoms with Gasteiger partial charge in [0.1, 0.15) is 17.2 Å². The summed E-state index contributed by atoms with van der Waals surface area (Å²) in [5.74, 6) is 0.541. The summed E-state index contributed by atoms with van der Waals surface area (Å²) in [4.78, 5) is 28.1. The number of anilines is 2. The van der Waals surface area contributed by atoms with E-state index < -0.39 is 6.09 Å². The SMILES string of the molecule is CC(C)NC(=O)OCOc1ccccc1/N=N/c1ccc(NC(=O)[C@@H](C)CCCCN)nc1N. The molecule has 34 heavy (non-hydrogen) atoms. The highest BCUT2D eigenvalue weighted by Gasteiger charge is 2.14. The third-order valence-corrected chi connectivity index (χ3v) is 4.63. The maximum atomic E-state index is 12.3. The van der Waals surface area contributed by atoms with E-state index in [0.29, 0.717) is 29.5 Å². The molecule has 0 bridgehead atoms. The van der Waals surface area contributed by atoms with Crippen LogP contribution in [0.2, 0.25) is 0 Å². The van der Waals surface area contributed by atoms with Crippen molar-refractivity contribution in [2.45, 2.75) is 46.1 Å². The molecule has 0 radical (unpaired) electrons. The van der Waals surface area contributed by atoms with Crippen LogP contribution in [0.25, 0.3) is 0 Å². The van der Waals surface area contributed by atoms with Crippen molar-refractivity contribution < 1.29 is 19.1 Å². The van der Waals surface area contributed by atoms with Gasteiger partial charge < -0.3 is 31.6 Å². The first-order valence-electron chi connectivity index (χ1n) is 11.1. The van der Waals surface area contributed by atoms with Crippen LogP contribution in [0.3, 0.4) is 0 Å². The van der Waals surface area contributed by atoms with Crippen LogP contribution >= 0.6 is 0 Å². The molecule has 1 aromatic carbocycles. The highest BCUT2D eigenvalue weighted by atomic mass is 16.7. The molecule has 0 spiro atoms. The standard InChI is InChI=1S/C23H33N7O4/c1-15(2)26-23(32)34-14-33-19-10-5-4-9-17(19)29-30-18-11-12-20(27-21(18)25)28-22(31)16(3)8-6-7-13-24/h4-5,9-12,15-16H,6-8,13-14,24H2,1-3H3,(H,26,32)(H3,25,27,28,31)/b30-29+/t16-/m0/s1. The molecule has 0 aliphatic rings. The van der Waals surface area contributed by atoms with E-state index in [1.54, 1.807) is 36.4 Å². The van der Waals surface area contributed by atoms with E-state index in [-0.39, 0.29) is 30.5 Å². The van der Waals surface area contributed by atoms with Gasteiger partial charge in [0.15, 0.2) is 11.6 Å². The molecule has 0 aliphatic carbocycles. The van der Waals surface area contributed by atoms with Crippen molar-refractivity contribution in [1.82, 2.24) is 10.3 Å². The zero-order valence-electron chi connectivity index (χ0n) is 19.8. The lowest BCUT2D eigenvalue weighted by molar-refractivity contribution is -0.119. The number of nitrogens with zero attached hydrogens (tertiary/aromatic N) is 3. The summed E-state index contributed by atoms with van der Waals surface area (Å²) in [6, 6.07) is 10.1. The lowest BCUT2D eigenvalue weighted by Crippen LogP contribution is -2.31. The fourth-order valence-corrected chi connectivity index (χ4v) is 2.79. The predicted octanol–water partition coefficient (Wildman–Crippen LogP) is 4.25. The number of hydrogen-bond acceptors (Lipinski definition) is 9. The minimum atomic E-state index is -0.579. The highest BCUT2D eigenvalue weighted by Crippen LogP contribution is 2.30. The molecule has 1 atom stereocenters. The molecule has 184 valence electrons. The number of nitrogens with two attached hydrogens (primary N) is 2. The second-order valence-electron chi connectivity index (χ2n) is 7.94. The van der Waals surface area contributed by atoms with Crippen LogP contribution in [0, 0.1) is 5.92 Å². The number of para-hydroxylation sites is 1. The second-order valence-corrected chi connectivity index (χ2v) is 7.94. The largest absolute Gasteiger partial charge is 0.455 e. The number of nitrogen functional groups attached to an aromatic ring is 1. The summed E-state index contributed by atoms with van der Waals surface area (Å²) < 4.78 is 10.5. The summed E-state index contributed by atoms with van der Waals surface area (Å²) in [6.45, 7) is 5.84. The Balaban J connectivity index is 1.98. The molecule has 0 saturated heterocycles. The van der Waals surface area contributed by atoms with Crippen LogP contribution in [0.1, 0.15) is 40.0 Å². The van der Waals surface area contributed by atoms with E-state index in [9.17, 15) is 9.59 Å². The number of unbranched alkanes of at least 4 members (excludes halogenated alkanes) is 1. The Labute approximate surface area is 199 Å². The minimum Gasteiger partial charge on any atom is -0.455 e. The van der Waals surface area contributed by atoms with Crippen molar-refractivity contribution in [2.24, 2.45) is 21.9 Å². The average Bonchev–Trinajstić information content (AvgIpc) is 2.79. The molecule has 2 aromatic rings. The number of benzene rings is 1. The van der Waals surface area contributed by atoms with Crippen molar-refractivity contribution in [3.05, 3.63) is 36.4 Å². The molecule has 1 heterocycles. The van der Waals surface area contributed by atoms with E-state index in [4.69, 9.17) is 20.9 Å². The number of azo groups is 1. The van der Waals surface area contributed by atoms with Gasteiger partial charge in [-0.15, -0.1) is 10.2 Å². The Morgan fingerprint density at radius 2 is 1.79 bits per heavy atom. The van der Waals surface area contributed by atoms with E-state index in [0.717, 1.165) is 19.3 Å². The van der Waals surface area contributed by atoms with Gasteiger partial charge in [-0.3, -0.25) is 4.79 Å². The summed E-state index contributed by atoms with van der Waals surface area (Å²) in [5.41, 5.74) is 12.2. The Hall–Kier alpha value is -3.73. The van der Waals surface area contributed by atoms with Gasteiger partial charge in [-0.2, -0.15) is 0 Å². The van der Waals surface area contributed by atoms with Gasteiger partial charge in [-0.25, -0.2) is 9.78 Å².